The van der Waals surface area contributed by atoms with Gasteiger partial charge in [0, 0.05) is 17.8 Å². The molecule has 7 heteroatoms. The molecule has 2 rings (SSSR count). The minimum atomic E-state index is -0.707. The van der Waals surface area contributed by atoms with E-state index in [4.69, 9.17) is 21.1 Å². The molecule has 0 spiro atoms. The third-order valence-electron chi connectivity index (χ3n) is 3.05. The van der Waals surface area contributed by atoms with Gasteiger partial charge < -0.3 is 14.8 Å². The van der Waals surface area contributed by atoms with E-state index in [1.807, 2.05) is 0 Å². The van der Waals surface area contributed by atoms with Gasteiger partial charge >= 0.3 is 5.97 Å². The van der Waals surface area contributed by atoms with Crippen LogP contribution >= 0.6 is 11.6 Å². The summed E-state index contributed by atoms with van der Waals surface area (Å²) in [4.78, 5) is 23.4. The van der Waals surface area contributed by atoms with Crippen molar-refractivity contribution in [3.63, 3.8) is 0 Å². The molecule has 130 valence electrons. The van der Waals surface area contributed by atoms with E-state index in [0.29, 0.717) is 17.0 Å². The van der Waals surface area contributed by atoms with Crippen LogP contribution < -0.4 is 10.1 Å². The normalized spacial score (nSPS) is 10.5. The molecule has 1 N–H and O–H groups in total. The van der Waals surface area contributed by atoms with Crippen molar-refractivity contribution in [2.24, 2.45) is 0 Å². The molecular weight excluding hydrogens is 349 g/mol. The van der Waals surface area contributed by atoms with E-state index in [0.717, 1.165) is 6.08 Å². The summed E-state index contributed by atoms with van der Waals surface area (Å²) in [5.74, 6) is -1.15. The maximum atomic E-state index is 13.0. The average molecular weight is 364 g/mol. The number of anilines is 1. The molecule has 0 aliphatic heterocycles. The molecule has 0 heterocycles. The first-order valence-electron chi connectivity index (χ1n) is 7.22. The number of benzene rings is 2. The van der Waals surface area contributed by atoms with Crippen molar-refractivity contribution in [3.8, 4) is 5.75 Å². The molecule has 0 bridgehead atoms. The topological polar surface area (TPSA) is 64.6 Å². The van der Waals surface area contributed by atoms with Gasteiger partial charge in [-0.05, 0) is 35.9 Å². The number of amides is 1. The molecule has 25 heavy (non-hydrogen) atoms. The average Bonchev–Trinajstić information content (AvgIpc) is 2.61. The van der Waals surface area contributed by atoms with Crippen LogP contribution in [0.15, 0.2) is 48.5 Å². The van der Waals surface area contributed by atoms with Crippen LogP contribution in [0.3, 0.4) is 0 Å². The van der Waals surface area contributed by atoms with Crippen molar-refractivity contribution >= 4 is 35.2 Å². The summed E-state index contributed by atoms with van der Waals surface area (Å²) in [5, 5.41) is 2.53. The summed E-state index contributed by atoms with van der Waals surface area (Å²) in [6, 6.07) is 10.8. The number of halogens is 2. The minimum Gasteiger partial charge on any atom is -0.497 e. The molecule has 0 unspecified atom stereocenters. The van der Waals surface area contributed by atoms with E-state index in [-0.39, 0.29) is 5.02 Å². The third-order valence-corrected chi connectivity index (χ3v) is 3.34. The Morgan fingerprint density at radius 2 is 2.04 bits per heavy atom. The van der Waals surface area contributed by atoms with E-state index in [2.05, 4.69) is 5.32 Å². The Labute approximate surface area is 149 Å². The highest BCUT2D eigenvalue weighted by Gasteiger charge is 2.06. The summed E-state index contributed by atoms with van der Waals surface area (Å²) in [5.41, 5.74) is 1.06. The number of methoxy groups -OCH3 is 1. The van der Waals surface area contributed by atoms with Crippen LogP contribution in [0, 0.1) is 5.82 Å². The lowest BCUT2D eigenvalue weighted by molar-refractivity contribution is -0.142. The van der Waals surface area contributed by atoms with Gasteiger partial charge in [0.25, 0.3) is 5.91 Å². The summed E-state index contributed by atoms with van der Waals surface area (Å²) in [6.07, 6.45) is 2.54. The Balaban J connectivity index is 1.83. The van der Waals surface area contributed by atoms with Crippen LogP contribution in [0.2, 0.25) is 5.02 Å². The summed E-state index contributed by atoms with van der Waals surface area (Å²) in [7, 11) is 1.52. The van der Waals surface area contributed by atoms with Gasteiger partial charge in [-0.25, -0.2) is 9.18 Å². The monoisotopic (exact) mass is 363 g/mol. The molecule has 0 aromatic heterocycles. The zero-order valence-corrected chi connectivity index (χ0v) is 14.0. The SMILES string of the molecule is COc1cccc(NC(=O)COC(=O)/C=C/c2ccc(F)c(Cl)c2)c1. The standard InChI is InChI=1S/C18H15ClFNO4/c1-24-14-4-2-3-13(10-14)21-17(22)11-25-18(23)8-6-12-5-7-16(20)15(19)9-12/h2-10H,11H2,1H3,(H,21,22)/b8-6+. The van der Waals surface area contributed by atoms with Gasteiger partial charge in [0.15, 0.2) is 6.61 Å². The maximum absolute atomic E-state index is 13.0. The van der Waals surface area contributed by atoms with Gasteiger partial charge in [0.1, 0.15) is 11.6 Å². The van der Waals surface area contributed by atoms with E-state index in [1.54, 1.807) is 24.3 Å². The Hall–Kier alpha value is -2.86. The molecule has 2 aromatic carbocycles. The molecule has 0 aliphatic carbocycles. The third kappa shape index (κ3) is 5.93. The Bertz CT molecular complexity index is 807. The van der Waals surface area contributed by atoms with Crippen LogP contribution in [0.1, 0.15) is 5.56 Å². The van der Waals surface area contributed by atoms with Gasteiger partial charge in [-0.2, -0.15) is 0 Å². The molecule has 0 saturated carbocycles. The highest BCUT2D eigenvalue weighted by molar-refractivity contribution is 6.30. The van der Waals surface area contributed by atoms with Crippen LogP contribution in [0.5, 0.6) is 5.75 Å². The maximum Gasteiger partial charge on any atom is 0.331 e. The lowest BCUT2D eigenvalue weighted by atomic mass is 10.2. The van der Waals surface area contributed by atoms with Gasteiger partial charge in [-0.1, -0.05) is 23.7 Å². The van der Waals surface area contributed by atoms with Crippen molar-refractivity contribution in [3.05, 3.63) is 64.9 Å². The molecule has 0 saturated heterocycles. The molecule has 0 atom stereocenters. The zero-order valence-electron chi connectivity index (χ0n) is 13.3. The molecular formula is C18H15ClFNO4. The van der Waals surface area contributed by atoms with Crippen LogP contribution in [-0.4, -0.2) is 25.6 Å². The van der Waals surface area contributed by atoms with Gasteiger partial charge in [-0.15, -0.1) is 0 Å². The van der Waals surface area contributed by atoms with E-state index < -0.39 is 24.3 Å². The summed E-state index contributed by atoms with van der Waals surface area (Å²) < 4.78 is 22.9. The largest absolute Gasteiger partial charge is 0.497 e. The highest BCUT2D eigenvalue weighted by Crippen LogP contribution is 2.17. The van der Waals surface area contributed by atoms with E-state index in [9.17, 15) is 14.0 Å². The van der Waals surface area contributed by atoms with Crippen molar-refractivity contribution in [2.45, 2.75) is 0 Å². The van der Waals surface area contributed by atoms with Gasteiger partial charge in [0.05, 0.1) is 12.1 Å². The van der Waals surface area contributed by atoms with Crippen molar-refractivity contribution in [1.29, 1.82) is 0 Å². The van der Waals surface area contributed by atoms with Crippen LogP contribution in [-0.2, 0) is 14.3 Å². The van der Waals surface area contributed by atoms with Gasteiger partial charge in [0.2, 0.25) is 0 Å². The molecule has 5 nitrogen and oxygen atoms in total. The lowest BCUT2D eigenvalue weighted by Crippen LogP contribution is -2.20. The second-order valence-electron chi connectivity index (χ2n) is 4.89. The quantitative estimate of drug-likeness (QED) is 0.628. The Kier molecular flexibility index (Phi) is 6.54. The molecule has 1 amide bonds. The van der Waals surface area contributed by atoms with E-state index >= 15 is 0 Å². The van der Waals surface area contributed by atoms with Crippen LogP contribution in [0.4, 0.5) is 10.1 Å². The predicted molar refractivity (Wildman–Crippen MR) is 93.0 cm³/mol. The first-order chi connectivity index (χ1) is 12.0. The smallest absolute Gasteiger partial charge is 0.331 e. The predicted octanol–water partition coefficient (Wildman–Crippen LogP) is 3.68. The first kappa shape index (κ1) is 18.5. The fraction of sp³-hybridized carbons (Fsp3) is 0.111. The second kappa shape index (κ2) is 8.84. The molecule has 0 fully saturated rings. The fourth-order valence-corrected chi connectivity index (χ4v) is 2.05. The zero-order chi connectivity index (χ0) is 18.2. The molecule has 0 aliphatic rings. The van der Waals surface area contributed by atoms with Crippen molar-refractivity contribution in [1.82, 2.24) is 0 Å². The highest BCUT2D eigenvalue weighted by atomic mass is 35.5. The fourth-order valence-electron chi connectivity index (χ4n) is 1.86. The number of esters is 1. The number of hydrogen-bond donors (Lipinski definition) is 1. The molecule has 2 aromatic rings. The lowest BCUT2D eigenvalue weighted by Gasteiger charge is -2.07. The first-order valence-corrected chi connectivity index (χ1v) is 7.59. The van der Waals surface area contributed by atoms with Crippen LogP contribution in [0.25, 0.3) is 6.08 Å². The summed E-state index contributed by atoms with van der Waals surface area (Å²) in [6.45, 7) is -0.440. The number of ether oxygens (including phenoxy) is 2. The number of rotatable bonds is 6. The van der Waals surface area contributed by atoms with Gasteiger partial charge in [-0.3, -0.25) is 4.79 Å². The number of carbonyl (C=O) groups excluding carboxylic acids is 2. The summed E-state index contributed by atoms with van der Waals surface area (Å²) >= 11 is 5.64. The second-order valence-corrected chi connectivity index (χ2v) is 5.30. The van der Waals surface area contributed by atoms with E-state index in [1.165, 1.54) is 31.4 Å². The Morgan fingerprint density at radius 3 is 2.76 bits per heavy atom. The number of hydrogen-bond acceptors (Lipinski definition) is 4. The molecule has 0 radical (unpaired) electrons. The Morgan fingerprint density at radius 1 is 1.24 bits per heavy atom. The number of nitrogens with one attached hydrogen (secondary N) is 1. The van der Waals surface area contributed by atoms with Crippen molar-refractivity contribution < 1.29 is 23.5 Å². The number of carbonyl (C=O) groups is 2. The van der Waals surface area contributed by atoms with Crippen molar-refractivity contribution in [2.75, 3.05) is 19.0 Å². The minimum absolute atomic E-state index is 0.0480.